The lowest BCUT2D eigenvalue weighted by atomic mass is 10.1. The van der Waals surface area contributed by atoms with Crippen LogP contribution in [-0.4, -0.2) is 43.2 Å². The molecule has 0 saturated carbocycles. The fraction of sp³-hybridized carbons (Fsp3) is 0.364. The van der Waals surface area contributed by atoms with E-state index in [-0.39, 0.29) is 25.0 Å². The number of carbonyl (C=O) groups excluding carboxylic acids is 2. The monoisotopic (exact) mass is 416 g/mol. The molecule has 1 N–H and O–H groups in total. The topological polar surface area (TPSA) is 77.1 Å². The first kappa shape index (κ1) is 21.6. The molecule has 30 heavy (non-hydrogen) atoms. The lowest BCUT2D eigenvalue weighted by Gasteiger charge is -2.20. The van der Waals surface area contributed by atoms with Crippen LogP contribution in [0.3, 0.4) is 0 Å². The van der Waals surface area contributed by atoms with Crippen molar-refractivity contribution in [3.8, 4) is 5.75 Å². The van der Waals surface area contributed by atoms with Crippen LogP contribution in [0.25, 0.3) is 0 Å². The second-order valence-electron chi connectivity index (χ2n) is 6.80. The molecule has 2 aromatic carbocycles. The third-order valence-corrected chi connectivity index (χ3v) is 4.51. The van der Waals surface area contributed by atoms with Crippen molar-refractivity contribution >= 4 is 12.0 Å². The summed E-state index contributed by atoms with van der Waals surface area (Å²) in [7, 11) is 0. The minimum absolute atomic E-state index is 0.176. The molecule has 7 nitrogen and oxygen atoms in total. The average molecular weight is 416 g/mol. The lowest BCUT2D eigenvalue weighted by Crippen LogP contribution is -2.42. The number of nitrogens with zero attached hydrogens (tertiary/aromatic N) is 1. The van der Waals surface area contributed by atoms with Crippen LogP contribution >= 0.6 is 0 Å². The molecular formula is C22H25FN2O5. The Morgan fingerprint density at radius 3 is 2.73 bits per heavy atom. The largest absolute Gasteiger partial charge is 0.491 e. The molecule has 0 aliphatic carbocycles. The van der Waals surface area contributed by atoms with Crippen molar-refractivity contribution in [2.45, 2.75) is 26.7 Å². The van der Waals surface area contributed by atoms with Crippen molar-refractivity contribution in [3.63, 3.8) is 0 Å². The van der Waals surface area contributed by atoms with Crippen molar-refractivity contribution in [2.24, 2.45) is 0 Å². The van der Waals surface area contributed by atoms with Gasteiger partial charge >= 0.3 is 12.0 Å². The molecular weight excluding hydrogens is 391 g/mol. The molecule has 8 heteroatoms. The number of halogens is 1. The van der Waals surface area contributed by atoms with Gasteiger partial charge in [0, 0.05) is 5.56 Å². The minimum Gasteiger partial charge on any atom is -0.491 e. The van der Waals surface area contributed by atoms with Crippen molar-refractivity contribution in [2.75, 3.05) is 26.3 Å². The maximum atomic E-state index is 13.3. The average Bonchev–Trinajstić information content (AvgIpc) is 2.94. The molecule has 0 atom stereocenters. The first-order chi connectivity index (χ1) is 14.5. The smallest absolute Gasteiger partial charge is 0.325 e. The fourth-order valence-corrected chi connectivity index (χ4v) is 3.10. The molecule has 0 fully saturated rings. The Morgan fingerprint density at radius 1 is 1.17 bits per heavy atom. The maximum absolute atomic E-state index is 13.3. The highest BCUT2D eigenvalue weighted by atomic mass is 19.1. The van der Waals surface area contributed by atoms with Crippen molar-refractivity contribution < 1.29 is 28.2 Å². The number of urea groups is 1. The summed E-state index contributed by atoms with van der Waals surface area (Å²) in [4.78, 5) is 25.4. The summed E-state index contributed by atoms with van der Waals surface area (Å²) >= 11 is 0. The van der Waals surface area contributed by atoms with E-state index in [1.165, 1.54) is 12.1 Å². The van der Waals surface area contributed by atoms with E-state index in [9.17, 15) is 14.0 Å². The van der Waals surface area contributed by atoms with E-state index in [0.717, 1.165) is 16.7 Å². The third kappa shape index (κ3) is 6.18. The zero-order chi connectivity index (χ0) is 21.3. The molecule has 0 unspecified atom stereocenters. The summed E-state index contributed by atoms with van der Waals surface area (Å²) in [5.41, 5.74) is 2.53. The number of amides is 2. The Hall–Kier alpha value is -3.13. The second-order valence-corrected chi connectivity index (χ2v) is 6.80. The second kappa shape index (κ2) is 10.6. The molecule has 1 aliphatic rings. The number of fused-ring (bicyclic) bond motifs is 1. The first-order valence-corrected chi connectivity index (χ1v) is 9.80. The van der Waals surface area contributed by atoms with E-state index in [1.807, 2.05) is 18.2 Å². The normalized spacial score (nSPS) is 13.1. The van der Waals surface area contributed by atoms with Gasteiger partial charge in [0.05, 0.1) is 32.9 Å². The Labute approximate surface area is 174 Å². The van der Waals surface area contributed by atoms with Crippen molar-refractivity contribution in [1.29, 1.82) is 0 Å². The summed E-state index contributed by atoms with van der Waals surface area (Å²) < 4.78 is 29.5. The highest BCUT2D eigenvalue weighted by molar-refractivity contribution is 5.81. The summed E-state index contributed by atoms with van der Waals surface area (Å²) in [5.74, 6) is -0.0563. The molecule has 0 spiro atoms. The molecule has 0 bridgehead atoms. The van der Waals surface area contributed by atoms with Gasteiger partial charge in [-0.1, -0.05) is 18.2 Å². The Bertz CT molecular complexity index is 890. The van der Waals surface area contributed by atoms with E-state index in [4.69, 9.17) is 14.2 Å². The molecule has 2 amide bonds. The summed E-state index contributed by atoms with van der Waals surface area (Å²) in [5, 5.41) is 2.57. The summed E-state index contributed by atoms with van der Waals surface area (Å²) in [6.45, 7) is 3.55. The van der Waals surface area contributed by atoms with Crippen molar-refractivity contribution in [3.05, 3.63) is 65.0 Å². The van der Waals surface area contributed by atoms with Gasteiger partial charge in [-0.25, -0.2) is 9.18 Å². The molecule has 2 aromatic rings. The molecule has 160 valence electrons. The Morgan fingerprint density at radius 2 is 1.97 bits per heavy atom. The van der Waals surface area contributed by atoms with Crippen LogP contribution in [0, 0.1) is 5.82 Å². The van der Waals surface area contributed by atoms with E-state index in [0.29, 0.717) is 38.7 Å². The highest BCUT2D eigenvalue weighted by Crippen LogP contribution is 2.25. The van der Waals surface area contributed by atoms with Gasteiger partial charge in [0.1, 0.15) is 24.7 Å². The van der Waals surface area contributed by atoms with E-state index in [1.54, 1.807) is 24.0 Å². The predicted molar refractivity (Wildman–Crippen MR) is 107 cm³/mol. The number of esters is 1. The number of hydrogen-bond donors (Lipinski definition) is 1. The van der Waals surface area contributed by atoms with Crippen molar-refractivity contribution in [1.82, 2.24) is 10.2 Å². The Kier molecular flexibility index (Phi) is 7.62. The van der Waals surface area contributed by atoms with E-state index >= 15 is 0 Å². The number of nitrogens with one attached hydrogen (secondary N) is 1. The quantitative estimate of drug-likeness (QED) is 0.702. The van der Waals surface area contributed by atoms with Gasteiger partial charge < -0.3 is 24.4 Å². The molecule has 0 aromatic heterocycles. The number of benzene rings is 2. The third-order valence-electron chi connectivity index (χ3n) is 4.51. The summed E-state index contributed by atoms with van der Waals surface area (Å²) in [6, 6.07) is 11.6. The highest BCUT2D eigenvalue weighted by Gasteiger charge is 2.20. The zero-order valence-electron chi connectivity index (χ0n) is 16.9. The molecule has 1 heterocycles. The zero-order valence-corrected chi connectivity index (χ0v) is 16.9. The number of rotatable bonds is 7. The SMILES string of the molecule is CCOC(=O)CNC(=O)N1CCOc2ccc(COCc3cccc(F)c3)cc2C1. The summed E-state index contributed by atoms with van der Waals surface area (Å²) in [6.07, 6.45) is 0. The van der Waals surface area contributed by atoms with Crippen LogP contribution in [0.2, 0.25) is 0 Å². The van der Waals surface area contributed by atoms with Gasteiger partial charge in [-0.3, -0.25) is 4.79 Å². The van der Waals surface area contributed by atoms with Crippen LogP contribution < -0.4 is 10.1 Å². The fourth-order valence-electron chi connectivity index (χ4n) is 3.10. The maximum Gasteiger partial charge on any atom is 0.325 e. The van der Waals surface area contributed by atoms with Crippen LogP contribution in [0.5, 0.6) is 5.75 Å². The number of carbonyl (C=O) groups is 2. The number of hydrogen-bond acceptors (Lipinski definition) is 5. The van der Waals surface area contributed by atoms with Gasteiger partial charge in [0.25, 0.3) is 0 Å². The van der Waals surface area contributed by atoms with Gasteiger partial charge in [0.2, 0.25) is 0 Å². The van der Waals surface area contributed by atoms with Gasteiger partial charge in [-0.2, -0.15) is 0 Å². The van der Waals surface area contributed by atoms with Crippen LogP contribution in [0.15, 0.2) is 42.5 Å². The molecule has 0 saturated heterocycles. The lowest BCUT2D eigenvalue weighted by molar-refractivity contribution is -0.141. The molecule has 1 aliphatic heterocycles. The van der Waals surface area contributed by atoms with Gasteiger partial charge in [-0.05, 0) is 42.3 Å². The van der Waals surface area contributed by atoms with E-state index < -0.39 is 5.97 Å². The Balaban J connectivity index is 1.57. The standard InChI is InChI=1S/C22H25FN2O5/c1-2-29-21(26)12-24-22(27)25-8-9-30-20-7-6-17(10-18(20)13-25)15-28-14-16-4-3-5-19(23)11-16/h3-7,10-11H,2,8-9,12-15H2,1H3,(H,24,27). The van der Waals surface area contributed by atoms with Gasteiger partial charge in [-0.15, -0.1) is 0 Å². The van der Waals surface area contributed by atoms with Crippen LogP contribution in [0.4, 0.5) is 9.18 Å². The predicted octanol–water partition coefficient (Wildman–Crippen LogP) is 3.01. The molecule has 0 radical (unpaired) electrons. The van der Waals surface area contributed by atoms with E-state index in [2.05, 4.69) is 5.32 Å². The van der Waals surface area contributed by atoms with Crippen LogP contribution in [-0.2, 0) is 34.0 Å². The first-order valence-electron chi connectivity index (χ1n) is 9.80. The minimum atomic E-state index is -0.477. The van der Waals surface area contributed by atoms with Gasteiger partial charge in [0.15, 0.2) is 0 Å². The van der Waals surface area contributed by atoms with Crippen LogP contribution in [0.1, 0.15) is 23.6 Å². The molecule has 3 rings (SSSR count). The number of ether oxygens (including phenoxy) is 3.